The second kappa shape index (κ2) is 3.93. The third-order valence-electron chi connectivity index (χ3n) is 2.08. The van der Waals surface area contributed by atoms with E-state index in [0.29, 0.717) is 16.9 Å². The summed E-state index contributed by atoms with van der Waals surface area (Å²) in [4.78, 5) is 11.7. The van der Waals surface area contributed by atoms with Gasteiger partial charge in [0.25, 0.3) is 5.91 Å². The quantitative estimate of drug-likeness (QED) is 0.558. The van der Waals surface area contributed by atoms with Gasteiger partial charge in [0.15, 0.2) is 0 Å². The minimum Gasteiger partial charge on any atom is -0.399 e. The number of nitrogens with one attached hydrogen (secondary N) is 2. The summed E-state index contributed by atoms with van der Waals surface area (Å²) in [5.74, 6) is -0.0658. The van der Waals surface area contributed by atoms with Crippen LogP contribution in [0.5, 0.6) is 0 Å². The van der Waals surface area contributed by atoms with Crippen molar-refractivity contribution >= 4 is 23.1 Å². The summed E-state index contributed by atoms with van der Waals surface area (Å²) in [7, 11) is 0. The molecule has 0 aliphatic rings. The molecule has 0 radical (unpaired) electrons. The minimum absolute atomic E-state index is 0.243. The largest absolute Gasteiger partial charge is 0.399 e. The number of hydrogen-bond donors (Lipinski definition) is 4. The summed E-state index contributed by atoms with van der Waals surface area (Å²) in [6.07, 6.45) is 1.38. The Balaban J connectivity index is 2.14. The lowest BCUT2D eigenvalue weighted by Crippen LogP contribution is -2.12. The van der Waals surface area contributed by atoms with Gasteiger partial charge in [-0.1, -0.05) is 0 Å². The summed E-state index contributed by atoms with van der Waals surface area (Å²) in [6, 6.07) is 6.83. The van der Waals surface area contributed by atoms with Gasteiger partial charge in [0.1, 0.15) is 11.4 Å². The second-order valence-electron chi connectivity index (χ2n) is 3.27. The molecule has 1 aromatic carbocycles. The SMILES string of the molecule is Nc1ccc(NC(=O)c2cn[nH]c2N)cc1. The van der Waals surface area contributed by atoms with Crippen LogP contribution in [-0.4, -0.2) is 16.1 Å². The highest BCUT2D eigenvalue weighted by Crippen LogP contribution is 2.13. The average Bonchev–Trinajstić information content (AvgIpc) is 2.68. The summed E-state index contributed by atoms with van der Waals surface area (Å²) < 4.78 is 0. The first-order chi connectivity index (χ1) is 7.66. The van der Waals surface area contributed by atoms with E-state index in [1.165, 1.54) is 6.20 Å². The van der Waals surface area contributed by atoms with Crippen LogP contribution in [0.3, 0.4) is 0 Å². The van der Waals surface area contributed by atoms with E-state index in [4.69, 9.17) is 11.5 Å². The van der Waals surface area contributed by atoms with Crippen molar-refractivity contribution in [3.05, 3.63) is 36.0 Å². The van der Waals surface area contributed by atoms with Crippen molar-refractivity contribution in [3.8, 4) is 0 Å². The first-order valence-corrected chi connectivity index (χ1v) is 4.62. The van der Waals surface area contributed by atoms with Gasteiger partial charge in [0.05, 0.1) is 6.20 Å². The summed E-state index contributed by atoms with van der Waals surface area (Å²) in [5, 5.41) is 8.84. The van der Waals surface area contributed by atoms with Crippen molar-refractivity contribution in [2.75, 3.05) is 16.8 Å². The molecule has 0 bridgehead atoms. The Morgan fingerprint density at radius 1 is 1.25 bits per heavy atom. The van der Waals surface area contributed by atoms with E-state index < -0.39 is 0 Å². The topological polar surface area (TPSA) is 110 Å². The third kappa shape index (κ3) is 1.95. The molecule has 2 aromatic rings. The molecular formula is C10H11N5O. The highest BCUT2D eigenvalue weighted by Gasteiger charge is 2.11. The van der Waals surface area contributed by atoms with Crippen LogP contribution in [-0.2, 0) is 0 Å². The Kier molecular flexibility index (Phi) is 2.47. The van der Waals surface area contributed by atoms with E-state index >= 15 is 0 Å². The number of hydrogen-bond acceptors (Lipinski definition) is 4. The highest BCUT2D eigenvalue weighted by atomic mass is 16.1. The van der Waals surface area contributed by atoms with Gasteiger partial charge < -0.3 is 16.8 Å². The van der Waals surface area contributed by atoms with Gasteiger partial charge in [-0.15, -0.1) is 0 Å². The predicted octanol–water partition coefficient (Wildman–Crippen LogP) is 0.826. The molecule has 2 rings (SSSR count). The zero-order valence-corrected chi connectivity index (χ0v) is 8.40. The number of amides is 1. The van der Waals surface area contributed by atoms with Crippen molar-refractivity contribution in [1.82, 2.24) is 10.2 Å². The Morgan fingerprint density at radius 3 is 2.50 bits per heavy atom. The monoisotopic (exact) mass is 217 g/mol. The number of carbonyl (C=O) groups is 1. The fourth-order valence-corrected chi connectivity index (χ4v) is 1.24. The van der Waals surface area contributed by atoms with E-state index in [-0.39, 0.29) is 11.7 Å². The lowest BCUT2D eigenvalue weighted by atomic mass is 10.2. The van der Waals surface area contributed by atoms with E-state index in [1.807, 2.05) is 0 Å². The molecule has 6 nitrogen and oxygen atoms in total. The Labute approximate surface area is 91.6 Å². The molecule has 0 saturated carbocycles. The normalized spacial score (nSPS) is 10.0. The van der Waals surface area contributed by atoms with Crippen LogP contribution in [0, 0.1) is 0 Å². The van der Waals surface area contributed by atoms with Gasteiger partial charge in [0.2, 0.25) is 0 Å². The fraction of sp³-hybridized carbons (Fsp3) is 0. The maximum atomic E-state index is 11.7. The molecule has 0 unspecified atom stereocenters. The zero-order valence-electron chi connectivity index (χ0n) is 8.40. The number of carbonyl (C=O) groups excluding carboxylic acids is 1. The number of benzene rings is 1. The Bertz CT molecular complexity index is 502. The Morgan fingerprint density at radius 2 is 1.94 bits per heavy atom. The molecule has 82 valence electrons. The van der Waals surface area contributed by atoms with Crippen LogP contribution < -0.4 is 16.8 Å². The van der Waals surface area contributed by atoms with Gasteiger partial charge >= 0.3 is 0 Å². The molecule has 0 saturated heterocycles. The van der Waals surface area contributed by atoms with Gasteiger partial charge in [-0.2, -0.15) is 5.10 Å². The highest BCUT2D eigenvalue weighted by molar-refractivity contribution is 6.07. The zero-order chi connectivity index (χ0) is 11.5. The van der Waals surface area contributed by atoms with E-state index in [1.54, 1.807) is 24.3 Å². The number of rotatable bonds is 2. The number of nitrogen functional groups attached to an aromatic ring is 2. The maximum absolute atomic E-state index is 11.7. The van der Waals surface area contributed by atoms with Crippen molar-refractivity contribution in [2.24, 2.45) is 0 Å². The number of aromatic amines is 1. The lowest BCUT2D eigenvalue weighted by molar-refractivity contribution is 0.102. The molecule has 0 aliphatic carbocycles. The number of anilines is 3. The standard InChI is InChI=1S/C10H11N5O/c11-6-1-3-7(4-2-6)14-10(16)8-5-13-15-9(8)12/h1-5H,11H2,(H,14,16)(H3,12,13,15). The van der Waals surface area contributed by atoms with Crippen molar-refractivity contribution < 1.29 is 4.79 Å². The molecule has 0 fully saturated rings. The molecule has 0 spiro atoms. The molecule has 6 N–H and O–H groups in total. The van der Waals surface area contributed by atoms with Gasteiger partial charge in [-0.3, -0.25) is 9.89 Å². The van der Waals surface area contributed by atoms with Crippen LogP contribution in [0.2, 0.25) is 0 Å². The predicted molar refractivity (Wildman–Crippen MR) is 61.8 cm³/mol. The van der Waals surface area contributed by atoms with Crippen LogP contribution >= 0.6 is 0 Å². The average molecular weight is 217 g/mol. The fourth-order valence-electron chi connectivity index (χ4n) is 1.24. The number of H-pyrrole nitrogens is 1. The van der Waals surface area contributed by atoms with Crippen LogP contribution in [0.25, 0.3) is 0 Å². The van der Waals surface area contributed by atoms with E-state index in [2.05, 4.69) is 15.5 Å². The molecule has 0 aliphatic heterocycles. The van der Waals surface area contributed by atoms with Crippen LogP contribution in [0.15, 0.2) is 30.5 Å². The smallest absolute Gasteiger partial charge is 0.261 e. The molecule has 6 heteroatoms. The van der Waals surface area contributed by atoms with Gasteiger partial charge in [-0.05, 0) is 24.3 Å². The van der Waals surface area contributed by atoms with E-state index in [0.717, 1.165) is 0 Å². The molecule has 16 heavy (non-hydrogen) atoms. The summed E-state index contributed by atoms with van der Waals surface area (Å²) >= 11 is 0. The van der Waals surface area contributed by atoms with Crippen molar-refractivity contribution in [3.63, 3.8) is 0 Å². The molecule has 1 amide bonds. The molecular weight excluding hydrogens is 206 g/mol. The third-order valence-corrected chi connectivity index (χ3v) is 2.08. The first kappa shape index (κ1) is 10.0. The van der Waals surface area contributed by atoms with Crippen LogP contribution in [0.4, 0.5) is 17.2 Å². The molecule has 1 heterocycles. The van der Waals surface area contributed by atoms with Crippen molar-refractivity contribution in [1.29, 1.82) is 0 Å². The summed E-state index contributed by atoms with van der Waals surface area (Å²) in [5.41, 5.74) is 12.7. The lowest BCUT2D eigenvalue weighted by Gasteiger charge is -2.04. The van der Waals surface area contributed by atoms with Gasteiger partial charge in [0, 0.05) is 11.4 Å². The first-order valence-electron chi connectivity index (χ1n) is 4.62. The van der Waals surface area contributed by atoms with Crippen molar-refractivity contribution in [2.45, 2.75) is 0 Å². The number of nitrogens with two attached hydrogens (primary N) is 2. The molecule has 1 aromatic heterocycles. The van der Waals surface area contributed by atoms with E-state index in [9.17, 15) is 4.79 Å². The van der Waals surface area contributed by atoms with Crippen LogP contribution in [0.1, 0.15) is 10.4 Å². The minimum atomic E-state index is -0.309. The maximum Gasteiger partial charge on any atom is 0.261 e. The second-order valence-corrected chi connectivity index (χ2v) is 3.27. The Hall–Kier alpha value is -2.50. The number of aromatic nitrogens is 2. The summed E-state index contributed by atoms with van der Waals surface area (Å²) in [6.45, 7) is 0. The van der Waals surface area contributed by atoms with Gasteiger partial charge in [-0.25, -0.2) is 0 Å². The number of nitrogens with zero attached hydrogens (tertiary/aromatic N) is 1. The molecule has 0 atom stereocenters.